The Labute approximate surface area is 116 Å². The van der Waals surface area contributed by atoms with Crippen molar-refractivity contribution in [2.75, 3.05) is 11.5 Å². The minimum absolute atomic E-state index is 0.0660. The van der Waals surface area contributed by atoms with Gasteiger partial charge in [-0.05, 0) is 36.3 Å². The van der Waals surface area contributed by atoms with Crippen LogP contribution >= 0.6 is 11.3 Å². The quantitative estimate of drug-likeness (QED) is 0.673. The molecule has 0 aromatic carbocycles. The monoisotopic (exact) mass is 300 g/mol. The molecule has 0 unspecified atom stereocenters. The molecular weight excluding hydrogens is 284 g/mol. The van der Waals surface area contributed by atoms with Gasteiger partial charge in [-0.2, -0.15) is 5.10 Å². The molecular formula is C12H16N2O3S2. The Kier molecular flexibility index (Phi) is 4.36. The van der Waals surface area contributed by atoms with Gasteiger partial charge in [0.1, 0.15) is 0 Å². The molecule has 7 heteroatoms. The van der Waals surface area contributed by atoms with Crippen LogP contribution in [0.2, 0.25) is 0 Å². The van der Waals surface area contributed by atoms with Gasteiger partial charge in [0.05, 0.1) is 17.7 Å². The van der Waals surface area contributed by atoms with Crippen LogP contribution in [0.15, 0.2) is 16.5 Å². The molecule has 1 amide bonds. The van der Waals surface area contributed by atoms with Gasteiger partial charge >= 0.3 is 0 Å². The van der Waals surface area contributed by atoms with Crippen LogP contribution in [0, 0.1) is 12.8 Å². The Hall–Kier alpha value is -1.21. The molecule has 104 valence electrons. The molecule has 1 N–H and O–H groups in total. The highest BCUT2D eigenvalue weighted by Gasteiger charge is 2.29. The summed E-state index contributed by atoms with van der Waals surface area (Å²) in [6, 6.07) is 1.98. The number of hydrogen-bond donors (Lipinski definition) is 1. The second-order valence-corrected chi connectivity index (χ2v) is 7.91. The number of hydrazone groups is 1. The molecule has 5 nitrogen and oxygen atoms in total. The fourth-order valence-electron chi connectivity index (χ4n) is 2.02. The number of hydrogen-bond acceptors (Lipinski definition) is 5. The third-order valence-electron chi connectivity index (χ3n) is 3.07. The van der Waals surface area contributed by atoms with Crippen LogP contribution in [0.4, 0.5) is 0 Å². The first kappa shape index (κ1) is 14.2. The van der Waals surface area contributed by atoms with Gasteiger partial charge in [-0.1, -0.05) is 0 Å². The number of nitrogens with zero attached hydrogens (tertiary/aromatic N) is 1. The number of thiophene rings is 1. The topological polar surface area (TPSA) is 75.6 Å². The summed E-state index contributed by atoms with van der Waals surface area (Å²) in [5.41, 5.74) is 3.56. The first-order chi connectivity index (χ1) is 8.96. The van der Waals surface area contributed by atoms with E-state index in [9.17, 15) is 13.2 Å². The largest absolute Gasteiger partial charge is 0.273 e. The van der Waals surface area contributed by atoms with Gasteiger partial charge in [0.15, 0.2) is 9.84 Å². The summed E-state index contributed by atoms with van der Waals surface area (Å²) >= 11 is 1.55. The van der Waals surface area contributed by atoms with Crippen molar-refractivity contribution in [3.63, 3.8) is 0 Å². The molecule has 0 aliphatic carbocycles. The zero-order valence-corrected chi connectivity index (χ0v) is 12.3. The second-order valence-electron chi connectivity index (χ2n) is 4.73. The zero-order valence-electron chi connectivity index (χ0n) is 10.6. The van der Waals surface area contributed by atoms with E-state index in [4.69, 9.17) is 0 Å². The van der Waals surface area contributed by atoms with E-state index < -0.39 is 9.84 Å². The van der Waals surface area contributed by atoms with Crippen molar-refractivity contribution in [3.05, 3.63) is 21.9 Å². The fourth-order valence-corrected chi connectivity index (χ4v) is 4.67. The van der Waals surface area contributed by atoms with Crippen molar-refractivity contribution in [1.82, 2.24) is 5.43 Å². The lowest BCUT2D eigenvalue weighted by Gasteiger charge is -2.04. The van der Waals surface area contributed by atoms with Crippen molar-refractivity contribution >= 4 is 33.3 Å². The van der Waals surface area contributed by atoms with E-state index in [-0.39, 0.29) is 29.8 Å². The summed E-state index contributed by atoms with van der Waals surface area (Å²) < 4.78 is 22.5. The molecule has 0 spiro atoms. The molecule has 1 atom stereocenters. The molecule has 1 fully saturated rings. The van der Waals surface area contributed by atoms with E-state index in [0.717, 1.165) is 10.4 Å². The normalized spacial score (nSPS) is 21.8. The van der Waals surface area contributed by atoms with Crippen molar-refractivity contribution in [3.8, 4) is 0 Å². The van der Waals surface area contributed by atoms with Crippen LogP contribution in [0.1, 0.15) is 23.3 Å². The Morgan fingerprint density at radius 2 is 2.42 bits per heavy atom. The van der Waals surface area contributed by atoms with Gasteiger partial charge in [-0.3, -0.25) is 4.79 Å². The Morgan fingerprint density at radius 3 is 3.00 bits per heavy atom. The number of rotatable bonds is 4. The predicted molar refractivity (Wildman–Crippen MR) is 76.2 cm³/mol. The summed E-state index contributed by atoms with van der Waals surface area (Å²) in [5.74, 6) is 0.0211. The van der Waals surface area contributed by atoms with Gasteiger partial charge in [-0.25, -0.2) is 13.8 Å². The molecule has 0 saturated carbocycles. The van der Waals surface area contributed by atoms with E-state index in [1.165, 1.54) is 0 Å². The summed E-state index contributed by atoms with van der Waals surface area (Å²) in [4.78, 5) is 12.6. The highest BCUT2D eigenvalue weighted by atomic mass is 32.2. The fraction of sp³-hybridized carbons (Fsp3) is 0.500. The maximum absolute atomic E-state index is 11.6. The second kappa shape index (κ2) is 5.83. The van der Waals surface area contributed by atoms with E-state index in [0.29, 0.717) is 6.42 Å². The van der Waals surface area contributed by atoms with E-state index >= 15 is 0 Å². The molecule has 0 bridgehead atoms. The lowest BCUT2D eigenvalue weighted by molar-refractivity contribution is -0.121. The summed E-state index contributed by atoms with van der Waals surface area (Å²) in [7, 11) is -2.92. The van der Waals surface area contributed by atoms with E-state index in [2.05, 4.69) is 10.5 Å². The first-order valence-electron chi connectivity index (χ1n) is 6.03. The van der Waals surface area contributed by atoms with Crippen LogP contribution in [0.25, 0.3) is 0 Å². The van der Waals surface area contributed by atoms with Gasteiger partial charge in [-0.15, -0.1) is 11.3 Å². The minimum Gasteiger partial charge on any atom is -0.273 e. The maximum Gasteiger partial charge on any atom is 0.240 e. The minimum atomic E-state index is -2.92. The number of sulfone groups is 1. The highest BCUT2D eigenvalue weighted by molar-refractivity contribution is 7.91. The summed E-state index contributed by atoms with van der Waals surface area (Å²) in [6.45, 7) is 1.98. The molecule has 1 aliphatic rings. The first-order valence-corrected chi connectivity index (χ1v) is 8.73. The number of carbonyl (C=O) groups is 1. The molecule has 2 rings (SSSR count). The average molecular weight is 300 g/mol. The number of aryl methyl sites for hydroxylation is 1. The van der Waals surface area contributed by atoms with Crippen LogP contribution < -0.4 is 5.43 Å². The number of nitrogens with one attached hydrogen (secondary N) is 1. The maximum atomic E-state index is 11.6. The van der Waals surface area contributed by atoms with Crippen molar-refractivity contribution in [2.45, 2.75) is 19.8 Å². The molecule has 1 saturated heterocycles. The molecule has 1 aliphatic heterocycles. The number of amides is 1. The van der Waals surface area contributed by atoms with Crippen LogP contribution in [-0.2, 0) is 14.6 Å². The van der Waals surface area contributed by atoms with Crippen LogP contribution in [0.3, 0.4) is 0 Å². The molecule has 0 radical (unpaired) electrons. The Bertz CT molecular complexity index is 590. The summed E-state index contributed by atoms with van der Waals surface area (Å²) in [6.07, 6.45) is 2.41. The van der Waals surface area contributed by atoms with E-state index in [1.54, 1.807) is 17.6 Å². The lowest BCUT2D eigenvalue weighted by Crippen LogP contribution is -2.21. The van der Waals surface area contributed by atoms with Crippen molar-refractivity contribution in [2.24, 2.45) is 11.0 Å². The van der Waals surface area contributed by atoms with Crippen LogP contribution in [-0.4, -0.2) is 32.0 Å². The van der Waals surface area contributed by atoms with Crippen molar-refractivity contribution in [1.29, 1.82) is 0 Å². The van der Waals surface area contributed by atoms with Gasteiger partial charge in [0, 0.05) is 11.3 Å². The lowest BCUT2D eigenvalue weighted by atomic mass is 10.1. The van der Waals surface area contributed by atoms with Gasteiger partial charge in [0.25, 0.3) is 0 Å². The smallest absolute Gasteiger partial charge is 0.240 e. The number of carbonyl (C=O) groups excluding carboxylic acids is 1. The third kappa shape index (κ3) is 4.14. The zero-order chi connectivity index (χ0) is 13.9. The van der Waals surface area contributed by atoms with E-state index in [1.807, 2.05) is 18.4 Å². The predicted octanol–water partition coefficient (Wildman–Crippen LogP) is 1.33. The Morgan fingerprint density at radius 1 is 1.63 bits per heavy atom. The third-order valence-corrected chi connectivity index (χ3v) is 5.86. The molecule has 1 aromatic heterocycles. The highest BCUT2D eigenvalue weighted by Crippen LogP contribution is 2.21. The molecule has 2 heterocycles. The standard InChI is InChI=1S/C12H16N2O3S2/c1-9-2-4-18-11(9)7-13-14-12(15)6-10-3-5-19(16,17)8-10/h2,4,7,10H,3,5-6,8H2,1H3,(H,14,15)/b13-7-/t10-/m0/s1. The average Bonchev–Trinajstić information content (AvgIpc) is 2.86. The Balaban J connectivity index is 1.79. The van der Waals surface area contributed by atoms with Gasteiger partial charge < -0.3 is 0 Å². The van der Waals surface area contributed by atoms with Crippen LogP contribution in [0.5, 0.6) is 0 Å². The SMILES string of the molecule is Cc1ccsc1/C=N\NC(=O)C[C@@H]1CCS(=O)(=O)C1. The molecule has 1 aromatic rings. The van der Waals surface area contributed by atoms with Crippen molar-refractivity contribution < 1.29 is 13.2 Å². The molecule has 19 heavy (non-hydrogen) atoms. The van der Waals surface area contributed by atoms with Gasteiger partial charge in [0.2, 0.25) is 5.91 Å². The summed E-state index contributed by atoms with van der Waals surface area (Å²) in [5, 5.41) is 5.85.